The molecule has 0 amide bonds. The molecule has 1 aliphatic rings. The Morgan fingerprint density at radius 1 is 1.33 bits per heavy atom. The highest BCUT2D eigenvalue weighted by Gasteiger charge is 2.35. The Labute approximate surface area is 94.8 Å². The molecule has 1 N–H and O–H groups in total. The summed E-state index contributed by atoms with van der Waals surface area (Å²) in [5.74, 6) is 0.885. The van der Waals surface area contributed by atoms with E-state index in [9.17, 15) is 0 Å². The van der Waals surface area contributed by atoms with E-state index in [-0.39, 0.29) is 5.60 Å². The Kier molecular flexibility index (Phi) is 5.07. The molecule has 0 heterocycles. The van der Waals surface area contributed by atoms with Crippen LogP contribution in [0.25, 0.3) is 0 Å². The molecule has 1 rings (SSSR count). The van der Waals surface area contributed by atoms with Crippen LogP contribution in [-0.2, 0) is 4.74 Å². The molecule has 90 valence electrons. The van der Waals surface area contributed by atoms with Crippen LogP contribution < -0.4 is 5.32 Å². The summed E-state index contributed by atoms with van der Waals surface area (Å²) < 4.78 is 6.17. The maximum atomic E-state index is 6.17. The molecule has 0 aromatic rings. The van der Waals surface area contributed by atoms with E-state index in [4.69, 9.17) is 4.74 Å². The van der Waals surface area contributed by atoms with Crippen molar-refractivity contribution in [2.45, 2.75) is 65.1 Å². The highest BCUT2D eigenvalue weighted by molar-refractivity contribution is 4.88. The van der Waals surface area contributed by atoms with Crippen molar-refractivity contribution in [1.29, 1.82) is 0 Å². The van der Waals surface area contributed by atoms with Crippen LogP contribution in [0.15, 0.2) is 0 Å². The van der Waals surface area contributed by atoms with Crippen molar-refractivity contribution in [3.8, 4) is 0 Å². The number of likely N-dealkylation sites (N-methyl/N-ethyl adjacent to an activating group) is 1. The van der Waals surface area contributed by atoms with E-state index < -0.39 is 0 Å². The lowest BCUT2D eigenvalue weighted by Crippen LogP contribution is -2.47. The molecule has 1 aliphatic carbocycles. The fourth-order valence-corrected chi connectivity index (χ4v) is 2.48. The van der Waals surface area contributed by atoms with Gasteiger partial charge in [0.25, 0.3) is 0 Å². The van der Waals surface area contributed by atoms with E-state index in [1.165, 1.54) is 25.7 Å². The van der Waals surface area contributed by atoms with Gasteiger partial charge in [0.1, 0.15) is 0 Å². The molecule has 0 unspecified atom stereocenters. The van der Waals surface area contributed by atoms with E-state index in [0.717, 1.165) is 19.0 Å². The maximum absolute atomic E-state index is 6.17. The number of hydrogen-bond donors (Lipinski definition) is 1. The van der Waals surface area contributed by atoms with Gasteiger partial charge in [-0.3, -0.25) is 0 Å². The van der Waals surface area contributed by atoms with Gasteiger partial charge in [0, 0.05) is 6.54 Å². The monoisotopic (exact) mass is 213 g/mol. The fraction of sp³-hybridized carbons (Fsp3) is 1.00. The lowest BCUT2D eigenvalue weighted by molar-refractivity contribution is -0.104. The average Bonchev–Trinajstić information content (AvgIpc) is 2.19. The van der Waals surface area contributed by atoms with Crippen LogP contribution in [0.5, 0.6) is 0 Å². The number of ether oxygens (including phenoxy) is 1. The molecule has 0 aromatic heterocycles. The van der Waals surface area contributed by atoms with E-state index >= 15 is 0 Å². The molecule has 2 nitrogen and oxygen atoms in total. The molecule has 0 aromatic carbocycles. The predicted molar refractivity (Wildman–Crippen MR) is 65.1 cm³/mol. The van der Waals surface area contributed by atoms with Crippen molar-refractivity contribution in [1.82, 2.24) is 5.32 Å². The fourth-order valence-electron chi connectivity index (χ4n) is 2.48. The summed E-state index contributed by atoms with van der Waals surface area (Å²) >= 11 is 0. The standard InChI is InChI=1S/C13H27NO/c1-5-14-10-13(15-11(2)3)8-6-12(4)7-9-13/h11-12,14H,5-10H2,1-4H3. The highest BCUT2D eigenvalue weighted by Crippen LogP contribution is 2.35. The van der Waals surface area contributed by atoms with Crippen molar-refractivity contribution in [3.63, 3.8) is 0 Å². The number of rotatable bonds is 5. The first-order valence-corrected chi connectivity index (χ1v) is 6.46. The maximum Gasteiger partial charge on any atom is 0.0809 e. The quantitative estimate of drug-likeness (QED) is 0.758. The molecule has 0 bridgehead atoms. The Morgan fingerprint density at radius 3 is 2.40 bits per heavy atom. The Balaban J connectivity index is 2.51. The van der Waals surface area contributed by atoms with Gasteiger partial charge < -0.3 is 10.1 Å². The van der Waals surface area contributed by atoms with Gasteiger partial charge in [-0.2, -0.15) is 0 Å². The van der Waals surface area contributed by atoms with E-state index in [2.05, 4.69) is 33.0 Å². The van der Waals surface area contributed by atoms with Crippen LogP contribution in [0.1, 0.15) is 53.4 Å². The van der Waals surface area contributed by atoms with Gasteiger partial charge in [0.15, 0.2) is 0 Å². The van der Waals surface area contributed by atoms with Crippen LogP contribution >= 0.6 is 0 Å². The minimum Gasteiger partial charge on any atom is -0.371 e. The molecule has 1 fully saturated rings. The molecule has 0 radical (unpaired) electrons. The van der Waals surface area contributed by atoms with Crippen molar-refractivity contribution in [2.75, 3.05) is 13.1 Å². The third-order valence-corrected chi connectivity index (χ3v) is 3.37. The molecule has 2 heteroatoms. The van der Waals surface area contributed by atoms with E-state index in [1.807, 2.05) is 0 Å². The van der Waals surface area contributed by atoms with Gasteiger partial charge in [0.05, 0.1) is 11.7 Å². The van der Waals surface area contributed by atoms with Gasteiger partial charge in [-0.25, -0.2) is 0 Å². The topological polar surface area (TPSA) is 21.3 Å². The molecular weight excluding hydrogens is 186 g/mol. The van der Waals surface area contributed by atoms with Crippen molar-refractivity contribution in [2.24, 2.45) is 5.92 Å². The normalized spacial score (nSPS) is 32.2. The van der Waals surface area contributed by atoms with Crippen LogP contribution in [0.2, 0.25) is 0 Å². The first kappa shape index (κ1) is 13.0. The van der Waals surface area contributed by atoms with Crippen LogP contribution in [0.3, 0.4) is 0 Å². The Hall–Kier alpha value is -0.0800. The van der Waals surface area contributed by atoms with Gasteiger partial charge in [-0.1, -0.05) is 13.8 Å². The third kappa shape index (κ3) is 4.12. The number of hydrogen-bond acceptors (Lipinski definition) is 2. The average molecular weight is 213 g/mol. The molecule has 0 aliphatic heterocycles. The zero-order chi connectivity index (χ0) is 11.3. The van der Waals surface area contributed by atoms with E-state index in [1.54, 1.807) is 0 Å². The van der Waals surface area contributed by atoms with Gasteiger partial charge >= 0.3 is 0 Å². The predicted octanol–water partition coefficient (Wildman–Crippen LogP) is 2.97. The van der Waals surface area contributed by atoms with Gasteiger partial charge in [-0.15, -0.1) is 0 Å². The van der Waals surface area contributed by atoms with Crippen molar-refractivity contribution < 1.29 is 4.74 Å². The first-order chi connectivity index (χ1) is 7.08. The smallest absolute Gasteiger partial charge is 0.0809 e. The summed E-state index contributed by atoms with van der Waals surface area (Å²) in [6, 6.07) is 0. The van der Waals surface area contributed by atoms with Gasteiger partial charge in [-0.05, 0) is 52.0 Å². The molecule has 0 spiro atoms. The molecule has 0 atom stereocenters. The second-order valence-electron chi connectivity index (χ2n) is 5.31. The third-order valence-electron chi connectivity index (χ3n) is 3.37. The Bertz CT molecular complexity index is 166. The summed E-state index contributed by atoms with van der Waals surface area (Å²) in [5, 5.41) is 3.45. The van der Waals surface area contributed by atoms with Gasteiger partial charge in [0.2, 0.25) is 0 Å². The second-order valence-corrected chi connectivity index (χ2v) is 5.31. The lowest BCUT2D eigenvalue weighted by atomic mass is 9.79. The van der Waals surface area contributed by atoms with Crippen LogP contribution in [0.4, 0.5) is 0 Å². The Morgan fingerprint density at radius 2 is 1.93 bits per heavy atom. The second kappa shape index (κ2) is 5.86. The van der Waals surface area contributed by atoms with Crippen molar-refractivity contribution in [3.05, 3.63) is 0 Å². The summed E-state index contributed by atoms with van der Waals surface area (Å²) in [6.45, 7) is 10.9. The summed E-state index contributed by atoms with van der Waals surface area (Å²) in [5.41, 5.74) is 0.122. The zero-order valence-corrected chi connectivity index (χ0v) is 10.8. The first-order valence-electron chi connectivity index (χ1n) is 6.46. The number of nitrogens with one attached hydrogen (secondary N) is 1. The summed E-state index contributed by atoms with van der Waals surface area (Å²) in [4.78, 5) is 0. The minimum absolute atomic E-state index is 0.122. The molecule has 0 saturated heterocycles. The minimum atomic E-state index is 0.122. The lowest BCUT2D eigenvalue weighted by Gasteiger charge is -2.41. The van der Waals surface area contributed by atoms with Crippen LogP contribution in [0, 0.1) is 5.92 Å². The molecule has 15 heavy (non-hydrogen) atoms. The SMILES string of the molecule is CCNCC1(OC(C)C)CCC(C)CC1. The summed E-state index contributed by atoms with van der Waals surface area (Å²) in [7, 11) is 0. The van der Waals surface area contributed by atoms with Crippen LogP contribution in [-0.4, -0.2) is 24.8 Å². The highest BCUT2D eigenvalue weighted by atomic mass is 16.5. The van der Waals surface area contributed by atoms with Crippen molar-refractivity contribution >= 4 is 0 Å². The largest absolute Gasteiger partial charge is 0.371 e. The van der Waals surface area contributed by atoms with E-state index in [0.29, 0.717) is 6.10 Å². The zero-order valence-electron chi connectivity index (χ0n) is 10.8. The summed E-state index contributed by atoms with van der Waals surface area (Å²) in [6.07, 6.45) is 5.42. The molecular formula is C13H27NO. The molecule has 1 saturated carbocycles.